The van der Waals surface area contributed by atoms with Gasteiger partial charge in [-0.15, -0.1) is 0 Å². The van der Waals surface area contributed by atoms with Crippen molar-refractivity contribution in [3.8, 4) is 51.2 Å². The van der Waals surface area contributed by atoms with Crippen LogP contribution in [0.2, 0.25) is 0 Å². The van der Waals surface area contributed by atoms with Gasteiger partial charge in [0, 0.05) is 11.1 Å². The molecule has 0 unspecified atom stereocenters. The fraction of sp³-hybridized carbons (Fsp3) is 0.211. The number of aromatic nitrogens is 1. The van der Waals surface area contributed by atoms with E-state index in [0.29, 0.717) is 39.7 Å². The highest BCUT2D eigenvalue weighted by molar-refractivity contribution is 7.81. The van der Waals surface area contributed by atoms with E-state index in [2.05, 4.69) is 9.34 Å². The maximum Gasteiger partial charge on any atom is 0.262 e. The summed E-state index contributed by atoms with van der Waals surface area (Å²) in [5, 5.41) is 3.84. The fourth-order valence-corrected chi connectivity index (χ4v) is 3.24. The van der Waals surface area contributed by atoms with Gasteiger partial charge in [0.1, 0.15) is 0 Å². The van der Waals surface area contributed by atoms with Crippen molar-refractivity contribution < 1.29 is 40.6 Å². The molecule has 0 aliphatic heterocycles. The number of rotatable bonds is 8. The van der Waals surface area contributed by atoms with Crippen LogP contribution in [0.25, 0.3) is 22.5 Å². The number of ether oxygens (including phenoxy) is 4. The number of methoxy groups -OCH3 is 4. The first-order valence-electron chi connectivity index (χ1n) is 8.40. The van der Waals surface area contributed by atoms with Crippen LogP contribution in [0.3, 0.4) is 0 Å². The minimum absolute atomic E-state index is 0.0731. The Hall–Kier alpha value is -3.44. The molecule has 0 amide bonds. The Morgan fingerprint density at radius 3 is 1.97 bits per heavy atom. The summed E-state index contributed by atoms with van der Waals surface area (Å²) < 4.78 is 64.2. The van der Waals surface area contributed by atoms with E-state index in [1.807, 2.05) is 0 Å². The Bertz CT molecular complexity index is 1130. The summed E-state index contributed by atoms with van der Waals surface area (Å²) in [5.74, 6) is 1.38. The average Bonchev–Trinajstić information content (AvgIpc) is 3.21. The largest absolute Gasteiger partial charge is 0.716 e. The number of nitrogens with zero attached hydrogens (tertiary/aromatic N) is 1. The first kappa shape index (κ1) is 21.3. The molecule has 1 heterocycles. The molecule has 0 radical (unpaired) electrons. The van der Waals surface area contributed by atoms with Crippen molar-refractivity contribution in [3.63, 3.8) is 0 Å². The summed E-state index contributed by atoms with van der Waals surface area (Å²) in [5.41, 5.74) is 1.53. The maximum absolute atomic E-state index is 11.1. The van der Waals surface area contributed by atoms with Crippen molar-refractivity contribution in [1.29, 1.82) is 0 Å². The molecule has 1 aromatic heterocycles. The van der Waals surface area contributed by atoms with Gasteiger partial charge in [0.15, 0.2) is 28.8 Å². The van der Waals surface area contributed by atoms with Gasteiger partial charge in [-0.2, -0.15) is 0 Å². The van der Waals surface area contributed by atoms with Crippen LogP contribution in [0.5, 0.6) is 28.7 Å². The molecular weight excluding hydrogens is 418 g/mol. The summed E-state index contributed by atoms with van der Waals surface area (Å²) in [4.78, 5) is 0. The van der Waals surface area contributed by atoms with Gasteiger partial charge in [-0.1, -0.05) is 11.2 Å². The molecule has 0 aliphatic carbocycles. The molecule has 10 nitrogen and oxygen atoms in total. The molecular formula is C19H18NO9S-. The molecule has 160 valence electrons. The van der Waals surface area contributed by atoms with Crippen LogP contribution in [-0.4, -0.2) is 46.6 Å². The van der Waals surface area contributed by atoms with Crippen LogP contribution in [0.4, 0.5) is 0 Å². The standard InChI is InChI=1S/C19H19NO9S/c1-24-14-6-5-11(7-15(14)29-30(21,22)23)13-10-20-28-18(13)12-8-16(25-2)19(27-4)17(9-12)26-3/h5-10H,1-4H3,(H,21,22,23)/p-1. The number of hydrogen-bond acceptors (Lipinski definition) is 10. The smallest absolute Gasteiger partial charge is 0.262 e. The summed E-state index contributed by atoms with van der Waals surface area (Å²) in [6.45, 7) is 0. The molecule has 0 atom stereocenters. The van der Waals surface area contributed by atoms with Crippen molar-refractivity contribution in [1.82, 2.24) is 5.16 Å². The first-order chi connectivity index (χ1) is 14.3. The van der Waals surface area contributed by atoms with Gasteiger partial charge < -0.3 is 32.2 Å². The van der Waals surface area contributed by atoms with E-state index in [1.165, 1.54) is 46.8 Å². The van der Waals surface area contributed by atoms with Crippen molar-refractivity contribution >= 4 is 10.4 Å². The second-order valence-electron chi connectivity index (χ2n) is 5.84. The lowest BCUT2D eigenvalue weighted by Gasteiger charge is -2.15. The molecule has 0 N–H and O–H groups in total. The van der Waals surface area contributed by atoms with Crippen molar-refractivity contribution in [3.05, 3.63) is 36.5 Å². The minimum atomic E-state index is -5.00. The molecule has 30 heavy (non-hydrogen) atoms. The second kappa shape index (κ2) is 8.51. The molecule has 11 heteroatoms. The van der Waals surface area contributed by atoms with Gasteiger partial charge in [0.2, 0.25) is 5.75 Å². The average molecular weight is 436 g/mol. The predicted octanol–water partition coefficient (Wildman–Crippen LogP) is 2.88. The molecule has 0 aliphatic rings. The summed E-state index contributed by atoms with van der Waals surface area (Å²) in [6.07, 6.45) is 1.44. The number of benzene rings is 2. The summed E-state index contributed by atoms with van der Waals surface area (Å²) >= 11 is 0. The molecule has 0 spiro atoms. The number of hydrogen-bond donors (Lipinski definition) is 0. The minimum Gasteiger partial charge on any atom is -0.716 e. The monoisotopic (exact) mass is 436 g/mol. The summed E-state index contributed by atoms with van der Waals surface area (Å²) in [6, 6.07) is 7.78. The van der Waals surface area contributed by atoms with Crippen LogP contribution >= 0.6 is 0 Å². The van der Waals surface area contributed by atoms with Crippen LogP contribution in [0.1, 0.15) is 0 Å². The van der Waals surface area contributed by atoms with E-state index >= 15 is 0 Å². The van der Waals surface area contributed by atoms with E-state index in [4.69, 9.17) is 23.5 Å². The molecule has 0 saturated carbocycles. The Kier molecular flexibility index (Phi) is 6.04. The molecule has 0 fully saturated rings. The van der Waals surface area contributed by atoms with Crippen molar-refractivity contribution in [2.45, 2.75) is 0 Å². The van der Waals surface area contributed by atoms with Gasteiger partial charge in [-0.05, 0) is 29.8 Å². The lowest BCUT2D eigenvalue weighted by atomic mass is 10.0. The van der Waals surface area contributed by atoms with Gasteiger partial charge >= 0.3 is 0 Å². The lowest BCUT2D eigenvalue weighted by molar-refractivity contribution is 0.324. The zero-order valence-electron chi connectivity index (χ0n) is 16.5. The van der Waals surface area contributed by atoms with Gasteiger partial charge in [0.25, 0.3) is 10.4 Å². The van der Waals surface area contributed by atoms with E-state index in [1.54, 1.807) is 18.2 Å². The Morgan fingerprint density at radius 1 is 0.833 bits per heavy atom. The molecule has 0 bridgehead atoms. The highest BCUT2D eigenvalue weighted by atomic mass is 32.3. The van der Waals surface area contributed by atoms with Crippen LogP contribution in [0.15, 0.2) is 41.1 Å². The SMILES string of the molecule is COc1ccc(-c2cnoc2-c2cc(OC)c(OC)c(OC)c2)cc1OS(=O)(=O)[O-]. The third-order valence-corrected chi connectivity index (χ3v) is 4.55. The Labute approximate surface area is 172 Å². The molecule has 0 saturated heterocycles. The van der Waals surface area contributed by atoms with Crippen molar-refractivity contribution in [2.75, 3.05) is 28.4 Å². The maximum atomic E-state index is 11.1. The lowest BCUT2D eigenvalue weighted by Crippen LogP contribution is -2.08. The van der Waals surface area contributed by atoms with Gasteiger partial charge in [-0.25, -0.2) is 8.42 Å². The van der Waals surface area contributed by atoms with E-state index < -0.39 is 10.4 Å². The van der Waals surface area contributed by atoms with E-state index in [0.717, 1.165) is 0 Å². The van der Waals surface area contributed by atoms with Crippen LogP contribution in [-0.2, 0) is 10.4 Å². The Balaban J connectivity index is 2.14. The third-order valence-electron chi connectivity index (χ3n) is 4.16. The third kappa shape index (κ3) is 4.26. The van der Waals surface area contributed by atoms with Crippen molar-refractivity contribution in [2.24, 2.45) is 0 Å². The predicted molar refractivity (Wildman–Crippen MR) is 104 cm³/mol. The van der Waals surface area contributed by atoms with Gasteiger partial charge in [-0.3, -0.25) is 0 Å². The van der Waals surface area contributed by atoms with E-state index in [-0.39, 0.29) is 11.5 Å². The molecule has 3 aromatic rings. The van der Waals surface area contributed by atoms with E-state index in [9.17, 15) is 13.0 Å². The first-order valence-corrected chi connectivity index (χ1v) is 9.73. The van der Waals surface area contributed by atoms with Gasteiger partial charge in [0.05, 0.1) is 34.6 Å². The molecule has 2 aromatic carbocycles. The zero-order chi connectivity index (χ0) is 21.9. The highest BCUT2D eigenvalue weighted by Gasteiger charge is 2.20. The highest BCUT2D eigenvalue weighted by Crippen LogP contribution is 2.44. The summed E-state index contributed by atoms with van der Waals surface area (Å²) in [7, 11) is 0.779. The fourth-order valence-electron chi connectivity index (χ4n) is 2.88. The topological polar surface area (TPSA) is 129 Å². The Morgan fingerprint density at radius 2 is 1.43 bits per heavy atom. The normalized spacial score (nSPS) is 11.1. The van der Waals surface area contributed by atoms with Crippen LogP contribution in [0, 0.1) is 0 Å². The molecule has 3 rings (SSSR count). The second-order valence-corrected chi connectivity index (χ2v) is 6.82. The van der Waals surface area contributed by atoms with Crippen LogP contribution < -0.4 is 23.1 Å². The quantitative estimate of drug-likeness (QED) is 0.384. The zero-order valence-corrected chi connectivity index (χ0v) is 17.3.